The van der Waals surface area contributed by atoms with Gasteiger partial charge >= 0.3 is 0 Å². The number of carbonyl (C=O) groups is 1. The van der Waals surface area contributed by atoms with E-state index in [1.54, 1.807) is 0 Å². The van der Waals surface area contributed by atoms with Crippen molar-refractivity contribution in [3.05, 3.63) is 66.1 Å². The summed E-state index contributed by atoms with van der Waals surface area (Å²) in [7, 11) is 0. The average Bonchev–Trinajstić information content (AvgIpc) is 2.70. The molecule has 0 amide bonds. The second-order valence-electron chi connectivity index (χ2n) is 7.33. The van der Waals surface area contributed by atoms with Crippen LogP contribution in [0.1, 0.15) is 31.9 Å². The molecular formula is C20H22N3O+. The molecule has 0 radical (unpaired) electrons. The van der Waals surface area contributed by atoms with Crippen LogP contribution in [0, 0.1) is 11.3 Å². The third kappa shape index (κ3) is 2.58. The Kier molecular flexibility index (Phi) is 3.41. The molecule has 2 aliphatic rings. The minimum atomic E-state index is -0.201. The Balaban J connectivity index is 1.88. The number of fused-ring (bicyclic) bond motifs is 2. The van der Waals surface area contributed by atoms with Crippen molar-refractivity contribution in [2.24, 2.45) is 11.3 Å². The van der Waals surface area contributed by atoms with Crippen molar-refractivity contribution >= 4 is 17.2 Å². The quantitative estimate of drug-likeness (QED) is 0.844. The summed E-state index contributed by atoms with van der Waals surface area (Å²) >= 11 is 0. The molecule has 4 rings (SSSR count). The smallest absolute Gasteiger partial charge is 0.167 e. The SMILES string of the molecule is CC1(C)C=C2Nc3ccccc3NC(c3cc[nH+]cc3)C2C(=O)C1. The summed E-state index contributed by atoms with van der Waals surface area (Å²) in [6, 6.07) is 12.1. The number of allylic oxidation sites excluding steroid dienone is 1. The summed E-state index contributed by atoms with van der Waals surface area (Å²) in [5.41, 5.74) is 4.03. The second kappa shape index (κ2) is 5.48. The van der Waals surface area contributed by atoms with Gasteiger partial charge in [-0.05, 0) is 23.1 Å². The number of ketones is 1. The first-order chi connectivity index (χ1) is 11.5. The predicted molar refractivity (Wildman–Crippen MR) is 94.4 cm³/mol. The first-order valence-corrected chi connectivity index (χ1v) is 8.38. The van der Waals surface area contributed by atoms with E-state index in [9.17, 15) is 4.79 Å². The third-order valence-electron chi connectivity index (χ3n) is 4.81. The van der Waals surface area contributed by atoms with Crippen molar-refractivity contribution in [2.75, 3.05) is 10.6 Å². The Hall–Kier alpha value is -2.62. The van der Waals surface area contributed by atoms with Crippen molar-refractivity contribution in [3.63, 3.8) is 0 Å². The van der Waals surface area contributed by atoms with E-state index in [-0.39, 0.29) is 23.2 Å². The summed E-state index contributed by atoms with van der Waals surface area (Å²) in [5, 5.41) is 7.11. The number of anilines is 2. The highest BCUT2D eigenvalue weighted by molar-refractivity contribution is 5.90. The standard InChI is InChI=1S/C20H21N3O/c1-20(2)11-16-18(17(24)12-20)19(13-7-9-21-10-8-13)23-15-6-4-3-5-14(15)22-16/h3-11,18-19,22-23H,12H2,1-2H3/p+1. The molecule has 1 aromatic heterocycles. The number of H-pyrrole nitrogens is 1. The van der Waals surface area contributed by atoms with Gasteiger partial charge in [0.1, 0.15) is 5.78 Å². The van der Waals surface area contributed by atoms with E-state index in [4.69, 9.17) is 0 Å². The van der Waals surface area contributed by atoms with Gasteiger partial charge in [-0.2, -0.15) is 0 Å². The topological polar surface area (TPSA) is 55.3 Å². The maximum Gasteiger partial charge on any atom is 0.167 e. The summed E-state index contributed by atoms with van der Waals surface area (Å²) < 4.78 is 0. The zero-order valence-electron chi connectivity index (χ0n) is 14.0. The molecule has 2 aromatic rings. The van der Waals surface area contributed by atoms with Crippen LogP contribution >= 0.6 is 0 Å². The number of hydrogen-bond acceptors (Lipinski definition) is 3. The Bertz CT molecular complexity index is 811. The van der Waals surface area contributed by atoms with Crippen LogP contribution in [-0.4, -0.2) is 5.78 Å². The summed E-state index contributed by atoms with van der Waals surface area (Å²) in [4.78, 5) is 16.1. The van der Waals surface area contributed by atoms with Gasteiger partial charge in [0.2, 0.25) is 0 Å². The van der Waals surface area contributed by atoms with Crippen LogP contribution in [0.25, 0.3) is 0 Å². The lowest BCUT2D eigenvalue weighted by molar-refractivity contribution is -0.378. The monoisotopic (exact) mass is 320 g/mol. The van der Waals surface area contributed by atoms with Crippen LogP contribution in [0.4, 0.5) is 11.4 Å². The van der Waals surface area contributed by atoms with Crippen molar-refractivity contribution in [2.45, 2.75) is 26.3 Å². The van der Waals surface area contributed by atoms with Crippen molar-refractivity contribution in [1.82, 2.24) is 0 Å². The van der Waals surface area contributed by atoms with Gasteiger partial charge in [0, 0.05) is 24.3 Å². The van der Waals surface area contributed by atoms with E-state index >= 15 is 0 Å². The molecule has 0 spiro atoms. The van der Waals surface area contributed by atoms with Crippen LogP contribution in [0.15, 0.2) is 60.6 Å². The summed E-state index contributed by atoms with van der Waals surface area (Å²) in [6.45, 7) is 4.24. The third-order valence-corrected chi connectivity index (χ3v) is 4.81. The minimum Gasteiger partial charge on any atom is -0.375 e. The lowest BCUT2D eigenvalue weighted by Crippen LogP contribution is -2.36. The molecule has 2 atom stereocenters. The highest BCUT2D eigenvalue weighted by Crippen LogP contribution is 2.44. The lowest BCUT2D eigenvalue weighted by atomic mass is 9.73. The van der Waals surface area contributed by atoms with Gasteiger partial charge in [-0.1, -0.05) is 32.1 Å². The number of aromatic amines is 1. The van der Waals surface area contributed by atoms with Gasteiger partial charge in [0.15, 0.2) is 12.4 Å². The number of benzene rings is 1. The Morgan fingerprint density at radius 3 is 2.54 bits per heavy atom. The number of hydrogen-bond donors (Lipinski definition) is 2. The van der Waals surface area contributed by atoms with Gasteiger partial charge in [-0.3, -0.25) is 4.79 Å². The molecule has 24 heavy (non-hydrogen) atoms. The van der Waals surface area contributed by atoms with Gasteiger partial charge in [0.25, 0.3) is 0 Å². The van der Waals surface area contributed by atoms with E-state index in [0.717, 1.165) is 22.6 Å². The number of carbonyl (C=O) groups excluding carboxylic acids is 1. The fourth-order valence-electron chi connectivity index (χ4n) is 3.78. The largest absolute Gasteiger partial charge is 0.375 e. The average molecular weight is 320 g/mol. The van der Waals surface area contributed by atoms with Gasteiger partial charge < -0.3 is 10.6 Å². The fourth-order valence-corrected chi connectivity index (χ4v) is 3.78. The van der Waals surface area contributed by atoms with E-state index in [2.05, 4.69) is 41.6 Å². The van der Waals surface area contributed by atoms with Crippen molar-refractivity contribution in [1.29, 1.82) is 0 Å². The number of nitrogens with one attached hydrogen (secondary N) is 3. The number of rotatable bonds is 1. The molecule has 4 nitrogen and oxygen atoms in total. The molecule has 2 heterocycles. The van der Waals surface area contributed by atoms with Crippen molar-refractivity contribution < 1.29 is 9.78 Å². The van der Waals surface area contributed by atoms with Crippen LogP contribution in [-0.2, 0) is 4.79 Å². The highest BCUT2D eigenvalue weighted by Gasteiger charge is 2.41. The molecule has 2 unspecified atom stereocenters. The van der Waals surface area contributed by atoms with E-state index in [0.29, 0.717) is 6.42 Å². The number of Topliss-reactive ketones (excluding diaryl/α,β-unsaturated/α-hetero) is 1. The number of pyridine rings is 1. The molecule has 1 aromatic carbocycles. The Morgan fingerprint density at radius 1 is 1.08 bits per heavy atom. The predicted octanol–water partition coefficient (Wildman–Crippen LogP) is 3.58. The van der Waals surface area contributed by atoms with Gasteiger partial charge in [-0.25, -0.2) is 4.98 Å². The lowest BCUT2D eigenvalue weighted by Gasteiger charge is -2.35. The van der Waals surface area contributed by atoms with E-state index in [1.807, 2.05) is 42.7 Å². The van der Waals surface area contributed by atoms with Crippen molar-refractivity contribution in [3.8, 4) is 0 Å². The summed E-state index contributed by atoms with van der Waals surface area (Å²) in [6.07, 6.45) is 6.60. The maximum atomic E-state index is 13.0. The first-order valence-electron chi connectivity index (χ1n) is 8.38. The maximum absolute atomic E-state index is 13.0. The molecule has 0 bridgehead atoms. The molecule has 3 N–H and O–H groups in total. The Labute approximate surface area is 142 Å². The Morgan fingerprint density at radius 2 is 1.79 bits per heavy atom. The van der Waals surface area contributed by atoms with Gasteiger partial charge in [-0.15, -0.1) is 0 Å². The van der Waals surface area contributed by atoms with E-state index < -0.39 is 0 Å². The summed E-state index contributed by atoms with van der Waals surface area (Å²) in [5.74, 6) is 0.0796. The van der Waals surface area contributed by atoms with Gasteiger partial charge in [0.05, 0.1) is 23.3 Å². The molecule has 1 aliphatic carbocycles. The minimum absolute atomic E-state index is 0.0781. The zero-order valence-corrected chi connectivity index (χ0v) is 14.0. The van der Waals surface area contributed by atoms with Crippen LogP contribution < -0.4 is 15.6 Å². The highest BCUT2D eigenvalue weighted by atomic mass is 16.1. The number of aromatic nitrogens is 1. The first kappa shape index (κ1) is 14.9. The normalized spacial score (nSPS) is 24.6. The molecular weight excluding hydrogens is 298 g/mol. The zero-order chi connectivity index (χ0) is 16.7. The molecule has 0 fully saturated rings. The molecule has 0 saturated carbocycles. The number of para-hydroxylation sites is 2. The second-order valence-corrected chi connectivity index (χ2v) is 7.33. The molecule has 122 valence electrons. The van der Waals surface area contributed by atoms with Crippen LogP contribution in [0.5, 0.6) is 0 Å². The molecule has 4 heteroatoms. The fraction of sp³-hybridized carbons (Fsp3) is 0.300. The molecule has 0 saturated heterocycles. The van der Waals surface area contributed by atoms with Crippen LogP contribution in [0.2, 0.25) is 0 Å². The van der Waals surface area contributed by atoms with Crippen LogP contribution in [0.3, 0.4) is 0 Å². The van der Waals surface area contributed by atoms with E-state index in [1.165, 1.54) is 0 Å². The molecule has 1 aliphatic heterocycles.